The summed E-state index contributed by atoms with van der Waals surface area (Å²) in [6.45, 7) is 8.98. The van der Waals surface area contributed by atoms with Gasteiger partial charge in [0.05, 0.1) is 19.7 Å². The van der Waals surface area contributed by atoms with E-state index in [0.29, 0.717) is 12.0 Å². The van der Waals surface area contributed by atoms with Crippen LogP contribution in [-0.4, -0.2) is 31.9 Å². The third-order valence-electron chi connectivity index (χ3n) is 4.80. The van der Waals surface area contributed by atoms with Gasteiger partial charge in [0, 0.05) is 0 Å². The Morgan fingerprint density at radius 3 is 2.71 bits per heavy atom. The maximum atomic E-state index is 12.2. The average molecular weight is 254 g/mol. The van der Waals surface area contributed by atoms with Gasteiger partial charge in [0.15, 0.2) is 0 Å². The monoisotopic (exact) mass is 254 g/mol. The van der Waals surface area contributed by atoms with Gasteiger partial charge in [-0.2, -0.15) is 0 Å². The Balaban J connectivity index is 2.01. The third kappa shape index (κ3) is 1.46. The lowest BCUT2D eigenvalue weighted by molar-refractivity contribution is -0.155. The molecule has 0 aromatic carbocycles. The van der Waals surface area contributed by atoms with Gasteiger partial charge >= 0.3 is 5.97 Å². The van der Waals surface area contributed by atoms with Crippen molar-refractivity contribution in [2.45, 2.75) is 69.2 Å². The molecule has 17 heavy (non-hydrogen) atoms. The molecule has 3 saturated heterocycles. The van der Waals surface area contributed by atoms with Gasteiger partial charge in [-0.3, -0.25) is 4.79 Å². The lowest BCUT2D eigenvalue weighted by Gasteiger charge is -2.42. The van der Waals surface area contributed by atoms with Gasteiger partial charge in [-0.1, -0.05) is 26.6 Å². The first-order valence-electron chi connectivity index (χ1n) is 6.73. The van der Waals surface area contributed by atoms with Crippen molar-refractivity contribution >= 4 is 14.0 Å². The van der Waals surface area contributed by atoms with Gasteiger partial charge in [0.2, 0.25) is 0 Å². The van der Waals surface area contributed by atoms with Crippen LogP contribution >= 0.6 is 0 Å². The molecule has 4 heteroatoms. The number of ether oxygens (including phenoxy) is 2. The van der Waals surface area contributed by atoms with Crippen LogP contribution in [0.3, 0.4) is 0 Å². The average Bonchev–Trinajstić information content (AvgIpc) is 2.67. The van der Waals surface area contributed by atoms with E-state index in [0.717, 1.165) is 19.3 Å². The van der Waals surface area contributed by atoms with Crippen LogP contribution in [0.4, 0.5) is 0 Å². The number of rotatable bonds is 1. The van der Waals surface area contributed by atoms with E-state index in [9.17, 15) is 4.79 Å². The van der Waals surface area contributed by atoms with Crippen LogP contribution in [0, 0.1) is 5.92 Å². The van der Waals surface area contributed by atoms with Crippen molar-refractivity contribution in [2.24, 2.45) is 5.92 Å². The molecule has 1 spiro atoms. The molecule has 96 valence electrons. The van der Waals surface area contributed by atoms with E-state index in [-0.39, 0.29) is 23.2 Å². The fourth-order valence-corrected chi connectivity index (χ4v) is 6.77. The minimum Gasteiger partial charge on any atom is -0.459 e. The first-order chi connectivity index (χ1) is 7.84. The Morgan fingerprint density at radius 2 is 2.06 bits per heavy atom. The van der Waals surface area contributed by atoms with Crippen molar-refractivity contribution in [2.75, 3.05) is 0 Å². The third-order valence-corrected chi connectivity index (χ3v) is 7.26. The largest absolute Gasteiger partial charge is 0.459 e. The van der Waals surface area contributed by atoms with Crippen LogP contribution < -0.4 is 0 Å². The molecule has 0 N–H and O–H groups in total. The van der Waals surface area contributed by atoms with Gasteiger partial charge in [0.1, 0.15) is 11.7 Å². The molecule has 5 atom stereocenters. The molecule has 3 heterocycles. The van der Waals surface area contributed by atoms with Crippen LogP contribution in [0.2, 0.25) is 25.2 Å². The fraction of sp³-hybridized carbons (Fsp3) is 0.923. The summed E-state index contributed by atoms with van der Waals surface area (Å²) >= 11 is 0. The molecule has 2 bridgehead atoms. The highest BCUT2D eigenvalue weighted by Crippen LogP contribution is 2.57. The van der Waals surface area contributed by atoms with Gasteiger partial charge in [-0.15, -0.1) is 0 Å². The van der Waals surface area contributed by atoms with Crippen LogP contribution in [0.1, 0.15) is 26.2 Å². The van der Waals surface area contributed by atoms with E-state index in [1.54, 1.807) is 0 Å². The molecule has 3 aliphatic rings. The second kappa shape index (κ2) is 3.35. The standard InChI is InChI=1S/C13H22O3Si/c1-8-7-10-13(6-5-9(8)16-13)11(12(14)15-10)17(2,3)4/h8-11H,5-7H2,1-4H3/t8-,9+,10+,11+,13-/m0/s1. The number of carbonyl (C=O) groups excluding carboxylic acids is 1. The summed E-state index contributed by atoms with van der Waals surface area (Å²) in [6, 6.07) is 0. The lowest BCUT2D eigenvalue weighted by atomic mass is 9.87. The normalized spacial score (nSPS) is 49.1. The first-order valence-corrected chi connectivity index (χ1v) is 10.3. The SMILES string of the molecule is C[C@H]1C[C@H]2OC(=O)[C@@H]([Si](C)(C)C)[C@]23CC[C@H]1O3. The van der Waals surface area contributed by atoms with Gasteiger partial charge < -0.3 is 9.47 Å². The lowest BCUT2D eigenvalue weighted by Crippen LogP contribution is -2.53. The minimum atomic E-state index is -1.58. The van der Waals surface area contributed by atoms with E-state index in [2.05, 4.69) is 26.6 Å². The topological polar surface area (TPSA) is 35.5 Å². The Morgan fingerprint density at radius 1 is 1.35 bits per heavy atom. The summed E-state index contributed by atoms with van der Waals surface area (Å²) in [5.41, 5.74) is -0.212. The smallest absolute Gasteiger partial charge is 0.309 e. The number of esters is 1. The number of carbonyl (C=O) groups is 1. The van der Waals surface area contributed by atoms with E-state index >= 15 is 0 Å². The summed E-state index contributed by atoms with van der Waals surface area (Å²) < 4.78 is 12.0. The molecule has 0 radical (unpaired) electrons. The maximum absolute atomic E-state index is 12.2. The molecular weight excluding hydrogens is 232 g/mol. The van der Waals surface area contributed by atoms with Crippen molar-refractivity contribution in [3.63, 3.8) is 0 Å². The van der Waals surface area contributed by atoms with E-state index < -0.39 is 8.07 Å². The highest BCUT2D eigenvalue weighted by molar-refractivity contribution is 6.80. The second-order valence-electron chi connectivity index (χ2n) is 7.09. The van der Waals surface area contributed by atoms with E-state index in [1.807, 2.05) is 0 Å². The van der Waals surface area contributed by atoms with Crippen molar-refractivity contribution < 1.29 is 14.3 Å². The predicted molar refractivity (Wildman–Crippen MR) is 67.6 cm³/mol. The molecule has 0 unspecified atom stereocenters. The number of fused-ring (bicyclic) bond motifs is 1. The Labute approximate surface area is 104 Å². The summed E-state index contributed by atoms with van der Waals surface area (Å²) in [4.78, 5) is 12.2. The highest BCUT2D eigenvalue weighted by atomic mass is 28.3. The van der Waals surface area contributed by atoms with Crippen LogP contribution in [0.5, 0.6) is 0 Å². The molecule has 0 saturated carbocycles. The van der Waals surface area contributed by atoms with E-state index in [1.165, 1.54) is 0 Å². The first kappa shape index (κ1) is 11.7. The summed E-state index contributed by atoms with van der Waals surface area (Å²) in [5, 5.41) is 0. The molecule has 0 amide bonds. The number of hydrogen-bond acceptors (Lipinski definition) is 3. The zero-order valence-corrected chi connectivity index (χ0v) is 12.2. The summed E-state index contributed by atoms with van der Waals surface area (Å²) in [5.74, 6) is 0.549. The quantitative estimate of drug-likeness (QED) is 0.533. The zero-order valence-electron chi connectivity index (χ0n) is 11.2. The molecule has 3 aliphatic heterocycles. The summed E-state index contributed by atoms with van der Waals surface area (Å²) in [7, 11) is -1.58. The van der Waals surface area contributed by atoms with Gasteiger partial charge in [-0.25, -0.2) is 0 Å². The molecule has 0 aromatic rings. The Kier molecular flexibility index (Phi) is 2.31. The second-order valence-corrected chi connectivity index (χ2v) is 12.4. The highest BCUT2D eigenvalue weighted by Gasteiger charge is 2.67. The molecule has 3 rings (SSSR count). The molecular formula is C13H22O3Si. The van der Waals surface area contributed by atoms with E-state index in [4.69, 9.17) is 9.47 Å². The van der Waals surface area contributed by atoms with Crippen molar-refractivity contribution in [3.05, 3.63) is 0 Å². The van der Waals surface area contributed by atoms with Gasteiger partial charge in [-0.05, 0) is 25.2 Å². The number of hydrogen-bond donors (Lipinski definition) is 0. The van der Waals surface area contributed by atoms with Gasteiger partial charge in [0.25, 0.3) is 0 Å². The fourth-order valence-electron chi connectivity index (χ4n) is 4.13. The Bertz CT molecular complexity index is 362. The maximum Gasteiger partial charge on any atom is 0.309 e. The molecule has 3 nitrogen and oxygen atoms in total. The van der Waals surface area contributed by atoms with Crippen LogP contribution in [0.25, 0.3) is 0 Å². The molecule has 0 aliphatic carbocycles. The van der Waals surface area contributed by atoms with Crippen molar-refractivity contribution in [3.8, 4) is 0 Å². The zero-order chi connectivity index (χ0) is 12.4. The van der Waals surface area contributed by atoms with Crippen molar-refractivity contribution in [1.29, 1.82) is 0 Å². The summed E-state index contributed by atoms with van der Waals surface area (Å²) in [6.07, 6.45) is 3.51. The molecule has 3 fully saturated rings. The minimum absolute atomic E-state index is 0.0175. The Hall–Kier alpha value is -0.353. The molecule has 0 aromatic heterocycles. The predicted octanol–water partition coefficient (Wildman–Crippen LogP) is 2.58. The van der Waals surface area contributed by atoms with Crippen LogP contribution in [0.15, 0.2) is 0 Å². The van der Waals surface area contributed by atoms with Crippen LogP contribution in [-0.2, 0) is 14.3 Å². The van der Waals surface area contributed by atoms with Crippen molar-refractivity contribution in [1.82, 2.24) is 0 Å².